The lowest BCUT2D eigenvalue weighted by atomic mass is 10.2. The Balaban J connectivity index is 0.00000162. The molecule has 4 nitrogen and oxygen atoms in total. The van der Waals surface area contributed by atoms with Gasteiger partial charge in [-0.25, -0.2) is 4.39 Å². The molecule has 1 N–H and O–H groups in total. The smallest absolute Gasteiger partial charge is 0.167 e. The van der Waals surface area contributed by atoms with Crippen LogP contribution in [0.3, 0.4) is 0 Å². The quantitative estimate of drug-likeness (QED) is 0.929. The molecule has 0 aliphatic carbocycles. The number of aryl methyl sites for hydroxylation is 1. The zero-order valence-electron chi connectivity index (χ0n) is 10.2. The lowest BCUT2D eigenvalue weighted by Crippen LogP contribution is -1.99. The fourth-order valence-corrected chi connectivity index (χ4v) is 1.54. The van der Waals surface area contributed by atoms with Crippen molar-refractivity contribution < 1.29 is 9.13 Å². The maximum atomic E-state index is 13.4. The molecule has 0 atom stereocenters. The van der Waals surface area contributed by atoms with Crippen molar-refractivity contribution in [3.05, 3.63) is 42.0 Å². The SMILES string of the molecule is COc1ccc(NCc2cnn(C)c2)cc1F.Cl. The van der Waals surface area contributed by atoms with E-state index in [1.807, 2.05) is 13.2 Å². The highest BCUT2D eigenvalue weighted by atomic mass is 35.5. The second-order valence-electron chi connectivity index (χ2n) is 3.73. The van der Waals surface area contributed by atoms with Crippen LogP contribution in [0.25, 0.3) is 0 Å². The van der Waals surface area contributed by atoms with E-state index in [1.54, 1.807) is 23.0 Å². The molecule has 0 aliphatic rings. The molecule has 0 saturated carbocycles. The molecule has 0 fully saturated rings. The number of nitrogens with one attached hydrogen (secondary N) is 1. The average Bonchev–Trinajstić information content (AvgIpc) is 2.73. The summed E-state index contributed by atoms with van der Waals surface area (Å²) in [6.07, 6.45) is 3.68. The summed E-state index contributed by atoms with van der Waals surface area (Å²) in [6, 6.07) is 4.79. The van der Waals surface area contributed by atoms with Gasteiger partial charge in [-0.15, -0.1) is 12.4 Å². The predicted molar refractivity (Wildman–Crippen MR) is 70.7 cm³/mol. The van der Waals surface area contributed by atoms with E-state index in [0.717, 1.165) is 5.56 Å². The highest BCUT2D eigenvalue weighted by Crippen LogP contribution is 2.20. The summed E-state index contributed by atoms with van der Waals surface area (Å²) in [4.78, 5) is 0. The lowest BCUT2D eigenvalue weighted by molar-refractivity contribution is 0.386. The Morgan fingerprint density at radius 1 is 1.44 bits per heavy atom. The number of ether oxygens (including phenoxy) is 1. The first-order chi connectivity index (χ1) is 8.19. The van der Waals surface area contributed by atoms with Gasteiger partial charge in [0.05, 0.1) is 13.3 Å². The molecular weight excluding hydrogens is 257 g/mol. The van der Waals surface area contributed by atoms with Gasteiger partial charge in [-0.2, -0.15) is 5.10 Å². The number of aromatic nitrogens is 2. The molecule has 0 bridgehead atoms. The number of hydrogen-bond donors (Lipinski definition) is 1. The van der Waals surface area contributed by atoms with E-state index in [1.165, 1.54) is 13.2 Å². The molecule has 0 radical (unpaired) electrons. The van der Waals surface area contributed by atoms with Crippen molar-refractivity contribution in [3.63, 3.8) is 0 Å². The van der Waals surface area contributed by atoms with Crippen LogP contribution in [0.2, 0.25) is 0 Å². The van der Waals surface area contributed by atoms with Crippen molar-refractivity contribution in [2.24, 2.45) is 7.05 Å². The van der Waals surface area contributed by atoms with Gasteiger partial charge < -0.3 is 10.1 Å². The van der Waals surface area contributed by atoms with E-state index in [4.69, 9.17) is 4.74 Å². The summed E-state index contributed by atoms with van der Waals surface area (Å²) in [6.45, 7) is 0.611. The Hall–Kier alpha value is -1.75. The molecule has 0 unspecified atom stereocenters. The van der Waals surface area contributed by atoms with E-state index in [-0.39, 0.29) is 24.0 Å². The van der Waals surface area contributed by atoms with Crippen molar-refractivity contribution in [2.45, 2.75) is 6.54 Å². The minimum absolute atomic E-state index is 0. The fraction of sp³-hybridized carbons (Fsp3) is 0.250. The van der Waals surface area contributed by atoms with Crippen molar-refractivity contribution in [1.82, 2.24) is 9.78 Å². The van der Waals surface area contributed by atoms with Crippen LogP contribution >= 0.6 is 12.4 Å². The van der Waals surface area contributed by atoms with Crippen LogP contribution in [-0.4, -0.2) is 16.9 Å². The molecule has 6 heteroatoms. The molecule has 0 aliphatic heterocycles. The Morgan fingerprint density at radius 2 is 2.22 bits per heavy atom. The second kappa shape index (κ2) is 6.26. The Labute approximate surface area is 111 Å². The van der Waals surface area contributed by atoms with Gasteiger partial charge in [-0.1, -0.05) is 0 Å². The van der Waals surface area contributed by atoms with Gasteiger partial charge in [-0.3, -0.25) is 4.68 Å². The summed E-state index contributed by atoms with van der Waals surface area (Å²) in [5.74, 6) is -0.124. The number of methoxy groups -OCH3 is 1. The zero-order valence-corrected chi connectivity index (χ0v) is 11.0. The molecule has 0 saturated heterocycles. The van der Waals surface area contributed by atoms with Gasteiger partial charge in [-0.05, 0) is 12.1 Å². The Kier molecular flexibility index (Phi) is 4.97. The third kappa shape index (κ3) is 3.37. The molecule has 1 aromatic heterocycles. The molecule has 1 heterocycles. The Morgan fingerprint density at radius 3 is 2.78 bits per heavy atom. The van der Waals surface area contributed by atoms with Gasteiger partial charge in [0.1, 0.15) is 0 Å². The van der Waals surface area contributed by atoms with Crippen LogP contribution in [0.4, 0.5) is 10.1 Å². The number of benzene rings is 1. The van der Waals surface area contributed by atoms with Crippen LogP contribution in [0, 0.1) is 5.82 Å². The molecular formula is C12H15ClFN3O. The van der Waals surface area contributed by atoms with E-state index in [2.05, 4.69) is 10.4 Å². The number of halogens is 2. The molecule has 1 aromatic carbocycles. The molecule has 18 heavy (non-hydrogen) atoms. The molecule has 98 valence electrons. The summed E-state index contributed by atoms with van der Waals surface area (Å²) >= 11 is 0. The van der Waals surface area contributed by atoms with E-state index in [0.29, 0.717) is 12.2 Å². The largest absolute Gasteiger partial charge is 0.494 e. The maximum absolute atomic E-state index is 13.4. The summed E-state index contributed by atoms with van der Waals surface area (Å²) < 4.78 is 20.0. The first kappa shape index (κ1) is 14.3. The van der Waals surface area contributed by atoms with Crippen LogP contribution < -0.4 is 10.1 Å². The second-order valence-corrected chi connectivity index (χ2v) is 3.73. The number of anilines is 1. The van der Waals surface area contributed by atoms with Gasteiger partial charge in [0.15, 0.2) is 11.6 Å². The average molecular weight is 272 g/mol. The summed E-state index contributed by atoms with van der Waals surface area (Å²) in [5.41, 5.74) is 1.76. The molecule has 0 spiro atoms. The van der Waals surface area contributed by atoms with Crippen molar-refractivity contribution in [1.29, 1.82) is 0 Å². The third-order valence-corrected chi connectivity index (χ3v) is 2.41. The highest BCUT2D eigenvalue weighted by molar-refractivity contribution is 5.85. The van der Waals surface area contributed by atoms with Crippen LogP contribution in [-0.2, 0) is 13.6 Å². The minimum Gasteiger partial charge on any atom is -0.494 e. The van der Waals surface area contributed by atoms with Crippen LogP contribution in [0.15, 0.2) is 30.6 Å². The normalized spacial score (nSPS) is 9.72. The minimum atomic E-state index is -0.372. The topological polar surface area (TPSA) is 39.1 Å². The molecule has 2 aromatic rings. The van der Waals surface area contributed by atoms with Crippen molar-refractivity contribution >= 4 is 18.1 Å². The predicted octanol–water partition coefficient (Wildman–Crippen LogP) is 2.60. The van der Waals surface area contributed by atoms with Crippen LogP contribution in [0.1, 0.15) is 5.56 Å². The highest BCUT2D eigenvalue weighted by Gasteiger charge is 2.03. The van der Waals surface area contributed by atoms with Gasteiger partial charge >= 0.3 is 0 Å². The third-order valence-electron chi connectivity index (χ3n) is 2.41. The number of rotatable bonds is 4. The van der Waals surface area contributed by atoms with Gasteiger partial charge in [0.25, 0.3) is 0 Å². The van der Waals surface area contributed by atoms with E-state index < -0.39 is 0 Å². The van der Waals surface area contributed by atoms with Crippen molar-refractivity contribution in [3.8, 4) is 5.75 Å². The summed E-state index contributed by atoms with van der Waals surface area (Å²) in [5, 5.41) is 7.17. The van der Waals surface area contributed by atoms with E-state index in [9.17, 15) is 4.39 Å². The molecule has 2 rings (SSSR count). The van der Waals surface area contributed by atoms with Crippen LogP contribution in [0.5, 0.6) is 5.75 Å². The monoisotopic (exact) mass is 271 g/mol. The maximum Gasteiger partial charge on any atom is 0.167 e. The first-order valence-corrected chi connectivity index (χ1v) is 5.24. The number of hydrogen-bond acceptors (Lipinski definition) is 3. The lowest BCUT2D eigenvalue weighted by Gasteiger charge is -2.07. The summed E-state index contributed by atoms with van der Waals surface area (Å²) in [7, 11) is 3.30. The Bertz CT molecular complexity index is 516. The van der Waals surface area contributed by atoms with Gasteiger partial charge in [0.2, 0.25) is 0 Å². The number of nitrogens with zero attached hydrogens (tertiary/aromatic N) is 2. The fourth-order valence-electron chi connectivity index (χ4n) is 1.54. The van der Waals surface area contributed by atoms with Crippen molar-refractivity contribution in [2.75, 3.05) is 12.4 Å². The standard InChI is InChI=1S/C12H14FN3O.ClH/c1-16-8-9(7-15-16)6-14-10-3-4-12(17-2)11(13)5-10;/h3-5,7-8,14H,6H2,1-2H3;1H. The molecule has 0 amide bonds. The zero-order chi connectivity index (χ0) is 12.3. The van der Waals surface area contributed by atoms with E-state index >= 15 is 0 Å². The van der Waals surface area contributed by atoms with Gasteiger partial charge in [0, 0.05) is 37.1 Å². The first-order valence-electron chi connectivity index (χ1n) is 5.24.